The summed E-state index contributed by atoms with van der Waals surface area (Å²) >= 11 is 0. The van der Waals surface area contributed by atoms with Gasteiger partial charge in [0.25, 0.3) is 0 Å². The first kappa shape index (κ1) is 12.9. The first-order valence-corrected chi connectivity index (χ1v) is 5.41. The van der Waals surface area contributed by atoms with Crippen LogP contribution in [0, 0.1) is 6.92 Å². The lowest BCUT2D eigenvalue weighted by Gasteiger charge is -2.05. The molecule has 0 radical (unpaired) electrons. The van der Waals surface area contributed by atoms with Crippen molar-refractivity contribution in [2.24, 2.45) is 0 Å². The average Bonchev–Trinajstić information content (AvgIpc) is 2.29. The van der Waals surface area contributed by atoms with Crippen molar-refractivity contribution >= 4 is 5.78 Å². The van der Waals surface area contributed by atoms with Gasteiger partial charge in [-0.1, -0.05) is 24.3 Å². The van der Waals surface area contributed by atoms with Gasteiger partial charge in [-0.05, 0) is 18.9 Å². The Hall–Kier alpha value is -1.19. The summed E-state index contributed by atoms with van der Waals surface area (Å²) in [5.41, 5.74) is 1.74. The molecule has 88 valence electrons. The number of rotatable bonds is 7. The number of methoxy groups -OCH3 is 1. The molecule has 3 heteroatoms. The van der Waals surface area contributed by atoms with E-state index in [1.54, 1.807) is 7.11 Å². The van der Waals surface area contributed by atoms with Crippen LogP contribution >= 0.6 is 0 Å². The topological polar surface area (TPSA) is 35.5 Å². The second-order valence-corrected chi connectivity index (χ2v) is 3.64. The number of Topliss-reactive ketones (excluding diaryl/α,β-unsaturated/α-hetero) is 1. The highest BCUT2D eigenvalue weighted by Gasteiger charge is 2.07. The molecule has 0 bridgehead atoms. The maximum absolute atomic E-state index is 11.7. The lowest BCUT2D eigenvalue weighted by atomic mass is 10.1. The summed E-state index contributed by atoms with van der Waals surface area (Å²) in [6.07, 6.45) is 0.817. The Morgan fingerprint density at radius 3 is 2.69 bits per heavy atom. The fourth-order valence-corrected chi connectivity index (χ4v) is 1.43. The third-order valence-electron chi connectivity index (χ3n) is 2.32. The molecule has 0 fully saturated rings. The van der Waals surface area contributed by atoms with Crippen LogP contribution < -0.4 is 0 Å². The van der Waals surface area contributed by atoms with E-state index in [0.717, 1.165) is 17.5 Å². The fraction of sp³-hybridized carbons (Fsp3) is 0.462. The van der Waals surface area contributed by atoms with Crippen molar-refractivity contribution in [3.05, 3.63) is 35.4 Å². The molecule has 16 heavy (non-hydrogen) atoms. The molecule has 0 atom stereocenters. The van der Waals surface area contributed by atoms with E-state index in [4.69, 9.17) is 9.47 Å². The van der Waals surface area contributed by atoms with E-state index in [1.807, 2.05) is 31.2 Å². The molecule has 0 aromatic heterocycles. The van der Waals surface area contributed by atoms with Gasteiger partial charge < -0.3 is 9.47 Å². The number of carbonyl (C=O) groups is 1. The molecule has 0 heterocycles. The van der Waals surface area contributed by atoms with E-state index in [0.29, 0.717) is 13.2 Å². The third-order valence-corrected chi connectivity index (χ3v) is 2.32. The number of hydrogen-bond donors (Lipinski definition) is 0. The molecule has 1 aromatic carbocycles. The van der Waals surface area contributed by atoms with Gasteiger partial charge in [0.15, 0.2) is 5.78 Å². The highest BCUT2D eigenvalue weighted by atomic mass is 16.5. The van der Waals surface area contributed by atoms with Gasteiger partial charge in [-0.25, -0.2) is 0 Å². The van der Waals surface area contributed by atoms with Gasteiger partial charge in [-0.3, -0.25) is 4.79 Å². The summed E-state index contributed by atoms with van der Waals surface area (Å²) in [5.74, 6) is 0.0375. The second-order valence-electron chi connectivity index (χ2n) is 3.64. The molecule has 1 aromatic rings. The van der Waals surface area contributed by atoms with Crippen molar-refractivity contribution in [2.75, 3.05) is 26.9 Å². The highest BCUT2D eigenvalue weighted by molar-refractivity contribution is 5.98. The number of aryl methyl sites for hydroxylation is 1. The molecule has 0 aliphatic carbocycles. The Morgan fingerprint density at radius 2 is 2.00 bits per heavy atom. The lowest BCUT2D eigenvalue weighted by Crippen LogP contribution is -2.11. The minimum absolute atomic E-state index is 0.0375. The Kier molecular flexibility index (Phi) is 5.75. The largest absolute Gasteiger partial charge is 0.385 e. The first-order valence-electron chi connectivity index (χ1n) is 5.41. The number of carbonyl (C=O) groups excluding carboxylic acids is 1. The van der Waals surface area contributed by atoms with Crippen LogP contribution in [0.2, 0.25) is 0 Å². The Balaban J connectivity index is 2.33. The Labute approximate surface area is 96.4 Å². The predicted octanol–water partition coefficient (Wildman–Crippen LogP) is 2.23. The lowest BCUT2D eigenvalue weighted by molar-refractivity contribution is 0.0704. The van der Waals surface area contributed by atoms with Gasteiger partial charge in [0.2, 0.25) is 0 Å². The molecule has 1 rings (SSSR count). The normalized spacial score (nSPS) is 10.4. The monoisotopic (exact) mass is 222 g/mol. The van der Waals surface area contributed by atoms with E-state index < -0.39 is 0 Å². The van der Waals surface area contributed by atoms with E-state index in [-0.39, 0.29) is 12.4 Å². The van der Waals surface area contributed by atoms with Gasteiger partial charge in [-0.15, -0.1) is 0 Å². The summed E-state index contributed by atoms with van der Waals surface area (Å²) in [5, 5.41) is 0. The highest BCUT2D eigenvalue weighted by Crippen LogP contribution is 2.07. The SMILES string of the molecule is COCCCOCC(=O)c1ccccc1C. The number of benzene rings is 1. The minimum atomic E-state index is 0.0375. The number of ketones is 1. The van der Waals surface area contributed by atoms with Crippen LogP contribution in [0.1, 0.15) is 22.3 Å². The van der Waals surface area contributed by atoms with Crippen LogP contribution in [-0.4, -0.2) is 32.7 Å². The zero-order chi connectivity index (χ0) is 11.8. The molecular weight excluding hydrogens is 204 g/mol. The Morgan fingerprint density at radius 1 is 1.25 bits per heavy atom. The van der Waals surface area contributed by atoms with Crippen LogP contribution in [0.3, 0.4) is 0 Å². The second kappa shape index (κ2) is 7.14. The maximum atomic E-state index is 11.7. The number of hydrogen-bond acceptors (Lipinski definition) is 3. The van der Waals surface area contributed by atoms with E-state index in [1.165, 1.54) is 0 Å². The molecule has 0 amide bonds. The van der Waals surface area contributed by atoms with Crippen molar-refractivity contribution in [1.82, 2.24) is 0 Å². The molecular formula is C13H18O3. The zero-order valence-electron chi connectivity index (χ0n) is 9.86. The van der Waals surface area contributed by atoms with Crippen molar-refractivity contribution in [3.63, 3.8) is 0 Å². The average molecular weight is 222 g/mol. The minimum Gasteiger partial charge on any atom is -0.385 e. The van der Waals surface area contributed by atoms with Crippen molar-refractivity contribution in [2.45, 2.75) is 13.3 Å². The van der Waals surface area contributed by atoms with Gasteiger partial charge in [0.05, 0.1) is 0 Å². The van der Waals surface area contributed by atoms with Crippen LogP contribution in [0.25, 0.3) is 0 Å². The third kappa shape index (κ3) is 4.13. The van der Waals surface area contributed by atoms with Gasteiger partial charge in [0, 0.05) is 25.9 Å². The van der Waals surface area contributed by atoms with E-state index in [9.17, 15) is 4.79 Å². The quantitative estimate of drug-likeness (QED) is 0.524. The molecule has 0 aliphatic rings. The Bertz CT molecular complexity index is 334. The van der Waals surface area contributed by atoms with Crippen LogP contribution in [0.4, 0.5) is 0 Å². The molecule has 0 saturated heterocycles. The van der Waals surface area contributed by atoms with Crippen LogP contribution in [0.5, 0.6) is 0 Å². The van der Waals surface area contributed by atoms with Crippen molar-refractivity contribution in [3.8, 4) is 0 Å². The molecule has 0 unspecified atom stereocenters. The zero-order valence-corrected chi connectivity index (χ0v) is 9.86. The van der Waals surface area contributed by atoms with Crippen molar-refractivity contribution < 1.29 is 14.3 Å². The van der Waals surface area contributed by atoms with E-state index in [2.05, 4.69) is 0 Å². The maximum Gasteiger partial charge on any atom is 0.188 e. The summed E-state index contributed by atoms with van der Waals surface area (Å²) in [6, 6.07) is 7.55. The molecule has 0 saturated carbocycles. The van der Waals surface area contributed by atoms with Crippen molar-refractivity contribution in [1.29, 1.82) is 0 Å². The van der Waals surface area contributed by atoms with E-state index >= 15 is 0 Å². The van der Waals surface area contributed by atoms with Crippen LogP contribution in [0.15, 0.2) is 24.3 Å². The summed E-state index contributed by atoms with van der Waals surface area (Å²) < 4.78 is 10.2. The molecule has 3 nitrogen and oxygen atoms in total. The van der Waals surface area contributed by atoms with Gasteiger partial charge in [-0.2, -0.15) is 0 Å². The molecule has 0 spiro atoms. The standard InChI is InChI=1S/C13H18O3/c1-11-6-3-4-7-12(11)13(14)10-16-9-5-8-15-2/h3-4,6-7H,5,8-10H2,1-2H3. The molecule has 0 N–H and O–H groups in total. The van der Waals surface area contributed by atoms with Gasteiger partial charge >= 0.3 is 0 Å². The van der Waals surface area contributed by atoms with Crippen LogP contribution in [-0.2, 0) is 9.47 Å². The molecule has 0 aliphatic heterocycles. The summed E-state index contributed by atoms with van der Waals surface area (Å²) in [6.45, 7) is 3.30. The number of ether oxygens (including phenoxy) is 2. The van der Waals surface area contributed by atoms with Gasteiger partial charge in [0.1, 0.15) is 6.61 Å². The summed E-state index contributed by atoms with van der Waals surface area (Å²) in [7, 11) is 1.65. The smallest absolute Gasteiger partial charge is 0.188 e. The summed E-state index contributed by atoms with van der Waals surface area (Å²) in [4.78, 5) is 11.7. The fourth-order valence-electron chi connectivity index (χ4n) is 1.43. The predicted molar refractivity (Wildman–Crippen MR) is 62.8 cm³/mol. The first-order chi connectivity index (χ1) is 7.75.